The van der Waals surface area contributed by atoms with Crippen LogP contribution >= 0.6 is 8.69 Å². The van der Waals surface area contributed by atoms with Crippen LogP contribution in [-0.4, -0.2) is 0 Å². The average Bonchev–Trinajstić information content (AvgIpc) is 2.04. The highest BCUT2D eigenvalue weighted by molar-refractivity contribution is 7.17. The highest BCUT2D eigenvalue weighted by Crippen LogP contribution is 2.07. The summed E-state index contributed by atoms with van der Waals surface area (Å²) < 4.78 is 14.6. The molecule has 0 spiro atoms. The third kappa shape index (κ3) is 2.79. The first-order valence-corrected chi connectivity index (χ1v) is 4.06. The van der Waals surface area contributed by atoms with Gasteiger partial charge in [0.1, 0.15) is 0 Å². The van der Waals surface area contributed by atoms with E-state index in [4.69, 9.17) is 0 Å². The molecule has 1 aromatic carbocycles. The quantitative estimate of drug-likeness (QED) is 0.648. The lowest BCUT2D eigenvalue weighted by molar-refractivity contribution is 0.332. The monoisotopic (exact) mass is 168 g/mol. The maximum atomic E-state index is 9.92. The summed E-state index contributed by atoms with van der Waals surface area (Å²) >= 11 is 0. The molecule has 0 aromatic heterocycles. The van der Waals surface area contributed by atoms with Crippen LogP contribution in [0.15, 0.2) is 24.3 Å². The maximum absolute atomic E-state index is 9.92. The summed E-state index contributed by atoms with van der Waals surface area (Å²) in [5.74, 6) is 0. The van der Waals surface area contributed by atoms with E-state index >= 15 is 0 Å². The van der Waals surface area contributed by atoms with E-state index in [-0.39, 0.29) is 8.69 Å². The SMILES string of the molecule is Cc1ccc(COP=O)cc1. The summed E-state index contributed by atoms with van der Waals surface area (Å²) in [6.45, 7) is 2.43. The molecule has 0 saturated heterocycles. The van der Waals surface area contributed by atoms with Crippen molar-refractivity contribution < 1.29 is 9.09 Å². The van der Waals surface area contributed by atoms with Crippen LogP contribution in [0.4, 0.5) is 0 Å². The van der Waals surface area contributed by atoms with Crippen molar-refractivity contribution in [1.29, 1.82) is 0 Å². The van der Waals surface area contributed by atoms with E-state index in [1.165, 1.54) is 5.56 Å². The molecular weight excluding hydrogens is 159 g/mol. The summed E-state index contributed by atoms with van der Waals surface area (Å²) in [7, 11) is -0.259. The normalized spacial score (nSPS) is 10.3. The number of rotatable bonds is 3. The van der Waals surface area contributed by atoms with E-state index < -0.39 is 0 Å². The Kier molecular flexibility index (Phi) is 3.21. The lowest BCUT2D eigenvalue weighted by atomic mass is 10.2. The van der Waals surface area contributed by atoms with Gasteiger partial charge < -0.3 is 0 Å². The molecule has 0 aliphatic rings. The van der Waals surface area contributed by atoms with Crippen molar-refractivity contribution in [2.75, 3.05) is 0 Å². The first-order chi connectivity index (χ1) is 5.33. The first kappa shape index (κ1) is 8.38. The van der Waals surface area contributed by atoms with Gasteiger partial charge in [-0.2, -0.15) is 0 Å². The molecule has 0 unspecified atom stereocenters. The molecule has 11 heavy (non-hydrogen) atoms. The van der Waals surface area contributed by atoms with Gasteiger partial charge >= 0.3 is 8.69 Å². The third-order valence-corrected chi connectivity index (χ3v) is 1.64. The Balaban J connectivity index is 2.58. The minimum atomic E-state index is -0.259. The zero-order valence-corrected chi connectivity index (χ0v) is 7.17. The number of hydrogen-bond donors (Lipinski definition) is 0. The zero-order chi connectivity index (χ0) is 8.10. The van der Waals surface area contributed by atoms with Crippen LogP contribution in [-0.2, 0) is 15.7 Å². The predicted octanol–water partition coefficient (Wildman–Crippen LogP) is 2.72. The van der Waals surface area contributed by atoms with Gasteiger partial charge in [0.2, 0.25) is 0 Å². The van der Waals surface area contributed by atoms with Gasteiger partial charge in [0.15, 0.2) is 0 Å². The van der Waals surface area contributed by atoms with Gasteiger partial charge in [-0.15, -0.1) is 0 Å². The molecule has 0 bridgehead atoms. The first-order valence-electron chi connectivity index (χ1n) is 3.33. The Hall–Kier alpha value is -0.720. The average molecular weight is 168 g/mol. The third-order valence-electron chi connectivity index (χ3n) is 1.40. The van der Waals surface area contributed by atoms with Crippen molar-refractivity contribution in [3.05, 3.63) is 35.4 Å². The van der Waals surface area contributed by atoms with Crippen LogP contribution in [0.3, 0.4) is 0 Å². The van der Waals surface area contributed by atoms with Crippen LogP contribution in [0.25, 0.3) is 0 Å². The minimum absolute atomic E-state index is 0.259. The van der Waals surface area contributed by atoms with E-state index in [0.717, 1.165) is 5.56 Å². The maximum Gasteiger partial charge on any atom is 0.327 e. The standard InChI is InChI=1S/C8H9O2P/c1-7-2-4-8(5-3-7)6-10-11-9/h2-5H,6H2,1H3. The molecule has 0 atom stereocenters. The Bertz CT molecular complexity index is 230. The summed E-state index contributed by atoms with van der Waals surface area (Å²) in [5, 5.41) is 0. The second kappa shape index (κ2) is 4.22. The zero-order valence-electron chi connectivity index (χ0n) is 6.28. The molecular formula is C8H9O2P. The Morgan fingerprint density at radius 3 is 2.55 bits per heavy atom. The topological polar surface area (TPSA) is 26.3 Å². The van der Waals surface area contributed by atoms with Crippen molar-refractivity contribution in [2.45, 2.75) is 13.5 Å². The minimum Gasteiger partial charge on any atom is -0.290 e. The number of benzene rings is 1. The van der Waals surface area contributed by atoms with Crippen molar-refractivity contribution in [3.63, 3.8) is 0 Å². The van der Waals surface area contributed by atoms with Crippen LogP contribution in [0.5, 0.6) is 0 Å². The van der Waals surface area contributed by atoms with Gasteiger partial charge in [0, 0.05) is 0 Å². The van der Waals surface area contributed by atoms with Gasteiger partial charge in [-0.3, -0.25) is 4.52 Å². The largest absolute Gasteiger partial charge is 0.327 e. The van der Waals surface area contributed by atoms with E-state index in [1.807, 2.05) is 31.2 Å². The Morgan fingerprint density at radius 2 is 2.00 bits per heavy atom. The van der Waals surface area contributed by atoms with E-state index in [2.05, 4.69) is 4.52 Å². The molecule has 3 heteroatoms. The molecule has 0 fully saturated rings. The van der Waals surface area contributed by atoms with Gasteiger partial charge in [0.05, 0.1) is 6.61 Å². The van der Waals surface area contributed by atoms with Crippen LogP contribution in [0.2, 0.25) is 0 Å². The molecule has 1 aromatic rings. The fourth-order valence-electron chi connectivity index (χ4n) is 0.785. The molecule has 0 aliphatic carbocycles. The molecule has 0 aliphatic heterocycles. The molecule has 1 rings (SSSR count). The van der Waals surface area contributed by atoms with E-state index in [9.17, 15) is 4.57 Å². The van der Waals surface area contributed by atoms with Crippen molar-refractivity contribution in [3.8, 4) is 0 Å². The van der Waals surface area contributed by atoms with E-state index in [0.29, 0.717) is 6.61 Å². The fourth-order valence-corrected chi connectivity index (χ4v) is 0.987. The lowest BCUT2D eigenvalue weighted by Crippen LogP contribution is -1.82. The van der Waals surface area contributed by atoms with Gasteiger partial charge in [-0.25, -0.2) is 4.57 Å². The summed E-state index contributed by atoms with van der Waals surface area (Å²) in [6, 6.07) is 7.92. The van der Waals surface area contributed by atoms with Crippen molar-refractivity contribution in [1.82, 2.24) is 0 Å². The molecule has 2 nitrogen and oxygen atoms in total. The van der Waals surface area contributed by atoms with E-state index in [1.54, 1.807) is 0 Å². The lowest BCUT2D eigenvalue weighted by Gasteiger charge is -1.96. The van der Waals surface area contributed by atoms with Gasteiger partial charge in [-0.1, -0.05) is 29.8 Å². The van der Waals surface area contributed by atoms with Crippen molar-refractivity contribution in [2.24, 2.45) is 0 Å². The smallest absolute Gasteiger partial charge is 0.290 e. The highest BCUT2D eigenvalue weighted by atomic mass is 31.1. The van der Waals surface area contributed by atoms with Gasteiger partial charge in [0.25, 0.3) is 0 Å². The Morgan fingerprint density at radius 1 is 1.36 bits per heavy atom. The van der Waals surface area contributed by atoms with Gasteiger partial charge in [-0.05, 0) is 12.5 Å². The number of hydrogen-bond acceptors (Lipinski definition) is 2. The summed E-state index contributed by atoms with van der Waals surface area (Å²) in [4.78, 5) is 0. The number of aryl methyl sites for hydroxylation is 1. The molecule has 0 amide bonds. The molecule has 0 saturated carbocycles. The Labute approximate surface area is 67.5 Å². The highest BCUT2D eigenvalue weighted by Gasteiger charge is 1.90. The van der Waals surface area contributed by atoms with Crippen LogP contribution in [0.1, 0.15) is 11.1 Å². The van der Waals surface area contributed by atoms with Crippen molar-refractivity contribution >= 4 is 8.69 Å². The molecule has 0 radical (unpaired) electrons. The van der Waals surface area contributed by atoms with Crippen LogP contribution in [0, 0.1) is 6.92 Å². The summed E-state index contributed by atoms with van der Waals surface area (Å²) in [6.07, 6.45) is 0. The van der Waals surface area contributed by atoms with Crippen LogP contribution < -0.4 is 0 Å². The fraction of sp³-hybridized carbons (Fsp3) is 0.250. The second-order valence-corrected chi connectivity index (χ2v) is 2.74. The molecule has 58 valence electrons. The molecule has 0 N–H and O–H groups in total. The predicted molar refractivity (Wildman–Crippen MR) is 43.6 cm³/mol. The summed E-state index contributed by atoms with van der Waals surface area (Å²) in [5.41, 5.74) is 2.26. The molecule has 0 heterocycles. The second-order valence-electron chi connectivity index (χ2n) is 2.33.